The summed E-state index contributed by atoms with van der Waals surface area (Å²) in [5, 5.41) is 0. The lowest BCUT2D eigenvalue weighted by molar-refractivity contribution is 0.787. The molecule has 18 heavy (non-hydrogen) atoms. The third kappa shape index (κ3) is 1.97. The van der Waals surface area contributed by atoms with Crippen LogP contribution in [-0.2, 0) is 6.54 Å². The lowest BCUT2D eigenvalue weighted by atomic mass is 10.2. The van der Waals surface area contributed by atoms with E-state index in [1.54, 1.807) is 4.57 Å². The van der Waals surface area contributed by atoms with Gasteiger partial charge >= 0.3 is 5.69 Å². The first-order valence-corrected chi connectivity index (χ1v) is 6.32. The normalized spacial score (nSPS) is 10.9. The average molecular weight is 304 g/mol. The second-order valence-electron chi connectivity index (χ2n) is 4.00. The van der Waals surface area contributed by atoms with Gasteiger partial charge in [-0.1, -0.05) is 30.3 Å². The molecule has 0 saturated heterocycles. The van der Waals surface area contributed by atoms with Gasteiger partial charge in [-0.2, -0.15) is 0 Å². The molecule has 0 aliphatic heterocycles. The number of aromatic nitrogens is 3. The first kappa shape index (κ1) is 11.2. The van der Waals surface area contributed by atoms with Gasteiger partial charge in [-0.15, -0.1) is 0 Å². The van der Waals surface area contributed by atoms with Crippen LogP contribution in [0.1, 0.15) is 5.56 Å². The highest BCUT2D eigenvalue weighted by Gasteiger charge is 2.08. The van der Waals surface area contributed by atoms with Gasteiger partial charge in [-0.3, -0.25) is 9.55 Å². The van der Waals surface area contributed by atoms with E-state index in [4.69, 9.17) is 0 Å². The van der Waals surface area contributed by atoms with Gasteiger partial charge in [0.1, 0.15) is 4.60 Å². The van der Waals surface area contributed by atoms with Crippen molar-refractivity contribution in [2.24, 2.45) is 0 Å². The Hall–Kier alpha value is -1.88. The average Bonchev–Trinajstić information content (AvgIpc) is 2.66. The van der Waals surface area contributed by atoms with Crippen LogP contribution < -0.4 is 5.69 Å². The van der Waals surface area contributed by atoms with Gasteiger partial charge in [0.15, 0.2) is 5.65 Å². The number of benzene rings is 1. The molecule has 0 amide bonds. The van der Waals surface area contributed by atoms with Crippen molar-refractivity contribution in [3.63, 3.8) is 0 Å². The Morgan fingerprint density at radius 3 is 2.72 bits per heavy atom. The second kappa shape index (κ2) is 4.42. The summed E-state index contributed by atoms with van der Waals surface area (Å²) in [5.74, 6) is 0. The number of rotatable bonds is 2. The Bertz CT molecular complexity index is 746. The molecule has 0 radical (unpaired) electrons. The largest absolute Gasteiger partial charge is 0.327 e. The summed E-state index contributed by atoms with van der Waals surface area (Å²) in [5.41, 5.74) is 2.36. The summed E-state index contributed by atoms with van der Waals surface area (Å²) < 4.78 is 2.40. The molecule has 0 fully saturated rings. The summed E-state index contributed by atoms with van der Waals surface area (Å²) in [4.78, 5) is 18.9. The topological polar surface area (TPSA) is 50.7 Å². The van der Waals surface area contributed by atoms with Crippen LogP contribution in [0.25, 0.3) is 11.2 Å². The molecule has 5 heteroatoms. The number of nitrogens with zero attached hydrogens (tertiary/aromatic N) is 2. The van der Waals surface area contributed by atoms with Crippen molar-refractivity contribution in [1.29, 1.82) is 0 Å². The van der Waals surface area contributed by atoms with Crippen LogP contribution in [0.4, 0.5) is 0 Å². The van der Waals surface area contributed by atoms with Gasteiger partial charge in [0.2, 0.25) is 0 Å². The molecular weight excluding hydrogens is 294 g/mol. The molecular formula is C13H10BrN3O. The molecule has 0 aliphatic carbocycles. The SMILES string of the molecule is O=c1[nH]c2nc(Br)ccc2n1Cc1ccccc1. The van der Waals surface area contributed by atoms with E-state index < -0.39 is 0 Å². The predicted molar refractivity (Wildman–Crippen MR) is 73.6 cm³/mol. The lowest BCUT2D eigenvalue weighted by Gasteiger charge is -2.03. The van der Waals surface area contributed by atoms with Gasteiger partial charge in [0.05, 0.1) is 12.1 Å². The third-order valence-electron chi connectivity index (χ3n) is 2.78. The number of hydrogen-bond acceptors (Lipinski definition) is 2. The Balaban J connectivity index is 2.12. The monoisotopic (exact) mass is 303 g/mol. The first-order valence-electron chi connectivity index (χ1n) is 5.53. The number of H-pyrrole nitrogens is 1. The maximum absolute atomic E-state index is 11.9. The van der Waals surface area contributed by atoms with Crippen molar-refractivity contribution in [3.8, 4) is 0 Å². The Labute approximate surface area is 111 Å². The van der Waals surface area contributed by atoms with E-state index in [0.717, 1.165) is 11.1 Å². The predicted octanol–water partition coefficient (Wildman–Crippen LogP) is 2.54. The van der Waals surface area contributed by atoms with Crippen molar-refractivity contribution >= 4 is 27.1 Å². The first-order chi connectivity index (χ1) is 8.74. The van der Waals surface area contributed by atoms with Crippen LogP contribution in [0.3, 0.4) is 0 Å². The van der Waals surface area contributed by atoms with E-state index in [1.807, 2.05) is 42.5 Å². The van der Waals surface area contributed by atoms with Gasteiger partial charge in [0, 0.05) is 0 Å². The maximum Gasteiger partial charge on any atom is 0.327 e. The summed E-state index contributed by atoms with van der Waals surface area (Å²) in [6, 6.07) is 13.6. The molecule has 0 saturated carbocycles. The molecule has 0 bridgehead atoms. The van der Waals surface area contributed by atoms with E-state index in [9.17, 15) is 4.79 Å². The number of hydrogen-bond donors (Lipinski definition) is 1. The molecule has 0 atom stereocenters. The molecule has 2 aromatic heterocycles. The van der Waals surface area contributed by atoms with Crippen LogP contribution in [0, 0.1) is 0 Å². The molecule has 1 N–H and O–H groups in total. The molecule has 0 unspecified atom stereocenters. The summed E-state index contributed by atoms with van der Waals surface area (Å²) in [6.07, 6.45) is 0. The summed E-state index contributed by atoms with van der Waals surface area (Å²) in [6.45, 7) is 0.545. The fourth-order valence-corrected chi connectivity index (χ4v) is 2.25. The van der Waals surface area contributed by atoms with Crippen LogP contribution in [-0.4, -0.2) is 14.5 Å². The minimum absolute atomic E-state index is 0.139. The van der Waals surface area contributed by atoms with Crippen LogP contribution in [0.15, 0.2) is 51.9 Å². The molecule has 90 valence electrons. The number of aromatic amines is 1. The van der Waals surface area contributed by atoms with Crippen LogP contribution >= 0.6 is 15.9 Å². The Morgan fingerprint density at radius 2 is 1.94 bits per heavy atom. The molecule has 0 spiro atoms. The molecule has 3 aromatic rings. The number of fused-ring (bicyclic) bond motifs is 1. The highest BCUT2D eigenvalue weighted by molar-refractivity contribution is 9.10. The van der Waals surface area contributed by atoms with E-state index >= 15 is 0 Å². The fraction of sp³-hybridized carbons (Fsp3) is 0.0769. The number of nitrogens with one attached hydrogen (secondary N) is 1. The molecule has 2 heterocycles. The summed E-state index contributed by atoms with van der Waals surface area (Å²) in [7, 11) is 0. The van der Waals surface area contributed by atoms with Crippen molar-refractivity contribution < 1.29 is 0 Å². The van der Waals surface area contributed by atoms with E-state index in [-0.39, 0.29) is 5.69 Å². The minimum atomic E-state index is -0.139. The van der Waals surface area contributed by atoms with E-state index in [1.165, 1.54) is 0 Å². The van der Waals surface area contributed by atoms with Crippen LogP contribution in [0.2, 0.25) is 0 Å². The van der Waals surface area contributed by atoms with Gasteiger partial charge in [-0.25, -0.2) is 9.78 Å². The smallest absolute Gasteiger partial charge is 0.290 e. The third-order valence-corrected chi connectivity index (χ3v) is 3.23. The molecule has 3 rings (SSSR count). The van der Waals surface area contributed by atoms with E-state index in [2.05, 4.69) is 25.9 Å². The number of imidazole rings is 1. The molecule has 4 nitrogen and oxygen atoms in total. The maximum atomic E-state index is 11.9. The summed E-state index contributed by atoms with van der Waals surface area (Å²) >= 11 is 3.29. The van der Waals surface area contributed by atoms with E-state index in [0.29, 0.717) is 16.8 Å². The minimum Gasteiger partial charge on any atom is -0.290 e. The number of halogens is 1. The zero-order chi connectivity index (χ0) is 12.5. The zero-order valence-corrected chi connectivity index (χ0v) is 11.0. The van der Waals surface area contributed by atoms with Crippen molar-refractivity contribution in [2.75, 3.05) is 0 Å². The van der Waals surface area contributed by atoms with Gasteiger partial charge in [0.25, 0.3) is 0 Å². The van der Waals surface area contributed by atoms with Gasteiger partial charge in [-0.05, 0) is 33.6 Å². The van der Waals surface area contributed by atoms with Gasteiger partial charge < -0.3 is 0 Å². The lowest BCUT2D eigenvalue weighted by Crippen LogP contribution is -2.17. The second-order valence-corrected chi connectivity index (χ2v) is 4.82. The molecule has 1 aromatic carbocycles. The van der Waals surface area contributed by atoms with Crippen molar-refractivity contribution in [3.05, 3.63) is 63.1 Å². The highest BCUT2D eigenvalue weighted by Crippen LogP contribution is 2.14. The molecule has 0 aliphatic rings. The fourth-order valence-electron chi connectivity index (χ4n) is 1.94. The zero-order valence-electron chi connectivity index (χ0n) is 9.43. The Morgan fingerprint density at radius 1 is 1.17 bits per heavy atom. The number of pyridine rings is 1. The highest BCUT2D eigenvalue weighted by atomic mass is 79.9. The Kier molecular flexibility index (Phi) is 2.76. The standard InChI is InChI=1S/C13H10BrN3O/c14-11-7-6-10-12(15-11)16-13(18)17(10)8-9-4-2-1-3-5-9/h1-7H,8H2,(H,15,16,18). The van der Waals surface area contributed by atoms with Crippen molar-refractivity contribution in [1.82, 2.24) is 14.5 Å². The van der Waals surface area contributed by atoms with Crippen LogP contribution in [0.5, 0.6) is 0 Å². The van der Waals surface area contributed by atoms with Crippen molar-refractivity contribution in [2.45, 2.75) is 6.54 Å². The quantitative estimate of drug-likeness (QED) is 0.740.